The zero-order valence-corrected chi connectivity index (χ0v) is 12.3. The first-order valence-electron chi connectivity index (χ1n) is 6.90. The van der Waals surface area contributed by atoms with Crippen LogP contribution in [0.1, 0.15) is 18.9 Å². The highest BCUT2D eigenvalue weighted by atomic mass is 35.5. The molecule has 0 spiro atoms. The van der Waals surface area contributed by atoms with Crippen molar-refractivity contribution in [1.82, 2.24) is 5.32 Å². The van der Waals surface area contributed by atoms with Gasteiger partial charge in [-0.15, -0.1) is 0 Å². The van der Waals surface area contributed by atoms with Gasteiger partial charge in [0.25, 0.3) is 0 Å². The Morgan fingerprint density at radius 2 is 2.30 bits per heavy atom. The fourth-order valence-electron chi connectivity index (χ4n) is 2.41. The SMILES string of the molecule is CCCNC1COCC1C(=O)Cc1c(F)cccc1Cl. The first-order chi connectivity index (χ1) is 9.63. The molecule has 2 unspecified atom stereocenters. The zero-order valence-electron chi connectivity index (χ0n) is 11.5. The van der Waals surface area contributed by atoms with Gasteiger partial charge in [0.2, 0.25) is 0 Å². The predicted molar refractivity (Wildman–Crippen MR) is 76.5 cm³/mol. The summed E-state index contributed by atoms with van der Waals surface area (Å²) >= 11 is 5.96. The maximum Gasteiger partial charge on any atom is 0.144 e. The largest absolute Gasteiger partial charge is 0.379 e. The molecule has 110 valence electrons. The number of benzene rings is 1. The Morgan fingerprint density at radius 3 is 3.00 bits per heavy atom. The van der Waals surface area contributed by atoms with Crippen LogP contribution in [0.3, 0.4) is 0 Å². The van der Waals surface area contributed by atoms with Gasteiger partial charge in [0.1, 0.15) is 11.6 Å². The Hall–Kier alpha value is -0.970. The standard InChI is InChI=1S/C15H19ClFNO2/c1-2-6-18-14-9-20-8-11(14)15(19)7-10-12(16)4-3-5-13(10)17/h3-5,11,14,18H,2,6-9H2,1H3. The van der Waals surface area contributed by atoms with Crippen LogP contribution in [-0.4, -0.2) is 31.6 Å². The van der Waals surface area contributed by atoms with Crippen LogP contribution < -0.4 is 5.32 Å². The summed E-state index contributed by atoms with van der Waals surface area (Å²) in [4.78, 5) is 12.3. The van der Waals surface area contributed by atoms with Gasteiger partial charge in [-0.3, -0.25) is 4.79 Å². The van der Waals surface area contributed by atoms with Crippen molar-refractivity contribution < 1.29 is 13.9 Å². The van der Waals surface area contributed by atoms with Crippen molar-refractivity contribution in [3.63, 3.8) is 0 Å². The van der Waals surface area contributed by atoms with E-state index < -0.39 is 5.82 Å². The molecule has 1 aliphatic heterocycles. The van der Waals surface area contributed by atoms with Gasteiger partial charge in [-0.1, -0.05) is 24.6 Å². The summed E-state index contributed by atoms with van der Waals surface area (Å²) in [6.45, 7) is 3.84. The molecule has 2 atom stereocenters. The topological polar surface area (TPSA) is 38.3 Å². The highest BCUT2D eigenvalue weighted by Crippen LogP contribution is 2.23. The molecule has 5 heteroatoms. The summed E-state index contributed by atoms with van der Waals surface area (Å²) in [5.41, 5.74) is 0.278. The van der Waals surface area contributed by atoms with E-state index in [-0.39, 0.29) is 29.7 Å². The number of hydrogen-bond acceptors (Lipinski definition) is 3. The second-order valence-corrected chi connectivity index (χ2v) is 5.46. The van der Waals surface area contributed by atoms with E-state index in [0.717, 1.165) is 13.0 Å². The van der Waals surface area contributed by atoms with Gasteiger partial charge in [-0.2, -0.15) is 0 Å². The van der Waals surface area contributed by atoms with Gasteiger partial charge in [-0.25, -0.2) is 4.39 Å². The molecule has 1 heterocycles. The van der Waals surface area contributed by atoms with E-state index in [1.165, 1.54) is 12.1 Å². The number of hydrogen-bond donors (Lipinski definition) is 1. The van der Waals surface area contributed by atoms with Gasteiger partial charge in [0, 0.05) is 23.0 Å². The highest BCUT2D eigenvalue weighted by Gasteiger charge is 2.33. The number of rotatable bonds is 6. The average molecular weight is 300 g/mol. The maximum absolute atomic E-state index is 13.7. The van der Waals surface area contributed by atoms with Crippen LogP contribution >= 0.6 is 11.6 Å². The van der Waals surface area contributed by atoms with E-state index in [4.69, 9.17) is 16.3 Å². The van der Waals surface area contributed by atoms with Crippen molar-refractivity contribution in [1.29, 1.82) is 0 Å². The molecule has 3 nitrogen and oxygen atoms in total. The number of ketones is 1. The predicted octanol–water partition coefficient (Wildman–Crippen LogP) is 2.61. The molecule has 20 heavy (non-hydrogen) atoms. The van der Waals surface area contributed by atoms with Gasteiger partial charge in [-0.05, 0) is 25.1 Å². The summed E-state index contributed by atoms with van der Waals surface area (Å²) < 4.78 is 19.1. The normalized spacial score (nSPS) is 22.1. The molecular formula is C15H19ClFNO2. The molecule has 1 fully saturated rings. The number of halogens is 2. The quantitative estimate of drug-likeness (QED) is 0.877. The molecule has 1 N–H and O–H groups in total. The lowest BCUT2D eigenvalue weighted by molar-refractivity contribution is -0.122. The van der Waals surface area contributed by atoms with E-state index in [9.17, 15) is 9.18 Å². The second kappa shape index (κ2) is 7.16. The van der Waals surface area contributed by atoms with Crippen molar-refractivity contribution in [3.8, 4) is 0 Å². The molecule has 0 saturated carbocycles. The zero-order chi connectivity index (χ0) is 14.5. The summed E-state index contributed by atoms with van der Waals surface area (Å²) in [5.74, 6) is -0.678. The van der Waals surface area contributed by atoms with Crippen molar-refractivity contribution in [2.75, 3.05) is 19.8 Å². The Morgan fingerprint density at radius 1 is 1.50 bits per heavy atom. The number of ether oxygens (including phenoxy) is 1. The average Bonchev–Trinajstić information content (AvgIpc) is 2.89. The monoisotopic (exact) mass is 299 g/mol. The van der Waals surface area contributed by atoms with Crippen LogP contribution in [0.5, 0.6) is 0 Å². The van der Waals surface area contributed by atoms with Crippen molar-refractivity contribution >= 4 is 17.4 Å². The van der Waals surface area contributed by atoms with Gasteiger partial charge < -0.3 is 10.1 Å². The molecule has 1 aromatic rings. The molecular weight excluding hydrogens is 281 g/mol. The number of Topliss-reactive ketones (excluding diaryl/α,β-unsaturated/α-hetero) is 1. The van der Waals surface area contributed by atoms with E-state index in [1.54, 1.807) is 6.07 Å². The molecule has 0 aromatic heterocycles. The van der Waals surface area contributed by atoms with Gasteiger partial charge >= 0.3 is 0 Å². The summed E-state index contributed by atoms with van der Waals surface area (Å²) in [5, 5.41) is 3.61. The first kappa shape index (κ1) is 15.4. The number of nitrogens with one attached hydrogen (secondary N) is 1. The fourth-order valence-corrected chi connectivity index (χ4v) is 2.64. The molecule has 0 amide bonds. The minimum Gasteiger partial charge on any atom is -0.379 e. The van der Waals surface area contributed by atoms with Crippen LogP contribution in [0.25, 0.3) is 0 Å². The molecule has 0 radical (unpaired) electrons. The van der Waals surface area contributed by atoms with E-state index in [1.807, 2.05) is 0 Å². The van der Waals surface area contributed by atoms with E-state index in [2.05, 4.69) is 12.2 Å². The van der Waals surface area contributed by atoms with Crippen LogP contribution in [0.2, 0.25) is 5.02 Å². The minimum absolute atomic E-state index is 0.0177. The molecule has 1 aliphatic rings. The van der Waals surface area contributed by atoms with E-state index in [0.29, 0.717) is 18.2 Å². The third-order valence-electron chi connectivity index (χ3n) is 3.56. The second-order valence-electron chi connectivity index (χ2n) is 5.05. The maximum atomic E-state index is 13.7. The van der Waals surface area contributed by atoms with Crippen LogP contribution in [-0.2, 0) is 16.0 Å². The molecule has 0 aliphatic carbocycles. The third-order valence-corrected chi connectivity index (χ3v) is 3.92. The van der Waals surface area contributed by atoms with Crippen molar-refractivity contribution in [2.24, 2.45) is 5.92 Å². The van der Waals surface area contributed by atoms with Crippen molar-refractivity contribution in [3.05, 3.63) is 34.6 Å². The lowest BCUT2D eigenvalue weighted by Gasteiger charge is -2.18. The molecule has 1 aromatic carbocycles. The lowest BCUT2D eigenvalue weighted by Crippen LogP contribution is -2.40. The van der Waals surface area contributed by atoms with Gasteiger partial charge in [0.05, 0.1) is 19.1 Å². The van der Waals surface area contributed by atoms with Crippen LogP contribution in [0.4, 0.5) is 4.39 Å². The third kappa shape index (κ3) is 3.57. The van der Waals surface area contributed by atoms with Crippen LogP contribution in [0, 0.1) is 11.7 Å². The molecule has 0 bridgehead atoms. The highest BCUT2D eigenvalue weighted by molar-refractivity contribution is 6.31. The summed E-state index contributed by atoms with van der Waals surface area (Å²) in [7, 11) is 0. The Kier molecular flexibility index (Phi) is 5.52. The van der Waals surface area contributed by atoms with E-state index >= 15 is 0 Å². The summed E-state index contributed by atoms with van der Waals surface area (Å²) in [6.07, 6.45) is 1.01. The Balaban J connectivity index is 2.04. The summed E-state index contributed by atoms with van der Waals surface area (Å²) in [6, 6.07) is 4.49. The molecule has 2 rings (SSSR count). The molecule has 1 saturated heterocycles. The number of carbonyl (C=O) groups is 1. The smallest absolute Gasteiger partial charge is 0.144 e. The Labute approximate surface area is 123 Å². The fraction of sp³-hybridized carbons (Fsp3) is 0.533. The minimum atomic E-state index is -0.428. The van der Waals surface area contributed by atoms with Gasteiger partial charge in [0.15, 0.2) is 0 Å². The Bertz CT molecular complexity index is 461. The van der Waals surface area contributed by atoms with Crippen LogP contribution in [0.15, 0.2) is 18.2 Å². The lowest BCUT2D eigenvalue weighted by atomic mass is 9.93. The first-order valence-corrected chi connectivity index (χ1v) is 7.28. The van der Waals surface area contributed by atoms with Crippen molar-refractivity contribution in [2.45, 2.75) is 25.8 Å². The number of carbonyl (C=O) groups excluding carboxylic acids is 1.